The van der Waals surface area contributed by atoms with E-state index in [0.717, 1.165) is 69.2 Å². The van der Waals surface area contributed by atoms with Crippen LogP contribution in [0, 0.1) is 6.92 Å². The summed E-state index contributed by atoms with van der Waals surface area (Å²) in [5.74, 6) is 1.84. The van der Waals surface area contributed by atoms with E-state index in [-0.39, 0.29) is 0 Å². The minimum Gasteiger partial charge on any atom is -0.496 e. The number of hydrogen-bond donors (Lipinski definition) is 2. The minimum atomic E-state index is 0.835. The fourth-order valence-electron chi connectivity index (χ4n) is 2.41. The lowest BCUT2D eigenvalue weighted by Crippen LogP contribution is -2.38. The maximum absolute atomic E-state index is 5.38. The second-order valence-electron chi connectivity index (χ2n) is 5.79. The fourth-order valence-corrected chi connectivity index (χ4v) is 2.41. The van der Waals surface area contributed by atoms with Crippen molar-refractivity contribution in [3.63, 3.8) is 0 Å². The molecule has 5 heteroatoms. The number of hydrogen-bond acceptors (Lipinski definition) is 3. The van der Waals surface area contributed by atoms with Crippen molar-refractivity contribution in [1.82, 2.24) is 10.6 Å². The lowest BCUT2D eigenvalue weighted by Gasteiger charge is -2.12. The maximum atomic E-state index is 5.38. The SMILES string of the molecule is CCNC(=NCCCCCOC)NCCc1ccc(C)c(OC)c1. The van der Waals surface area contributed by atoms with Crippen LogP contribution >= 0.6 is 0 Å². The Morgan fingerprint density at radius 3 is 2.67 bits per heavy atom. The third-order valence-electron chi connectivity index (χ3n) is 3.80. The van der Waals surface area contributed by atoms with Gasteiger partial charge in [0, 0.05) is 33.4 Å². The van der Waals surface area contributed by atoms with Crippen molar-refractivity contribution in [2.45, 2.75) is 39.5 Å². The molecule has 0 bridgehead atoms. The molecule has 2 N–H and O–H groups in total. The molecule has 0 radical (unpaired) electrons. The van der Waals surface area contributed by atoms with E-state index in [0.29, 0.717) is 0 Å². The summed E-state index contributed by atoms with van der Waals surface area (Å²) in [5, 5.41) is 6.69. The third kappa shape index (κ3) is 8.20. The molecule has 1 aromatic rings. The van der Waals surface area contributed by atoms with E-state index in [4.69, 9.17) is 9.47 Å². The lowest BCUT2D eigenvalue weighted by molar-refractivity contribution is 0.192. The van der Waals surface area contributed by atoms with Gasteiger partial charge < -0.3 is 20.1 Å². The zero-order valence-corrected chi connectivity index (χ0v) is 15.7. The standard InChI is InChI=1S/C19H33N3O2/c1-5-20-19(21-12-7-6-8-14-23-3)22-13-11-17-10-9-16(2)18(15-17)24-4/h9-10,15H,5-8,11-14H2,1-4H3,(H2,20,21,22). The highest BCUT2D eigenvalue weighted by Crippen LogP contribution is 2.18. The Morgan fingerprint density at radius 1 is 1.12 bits per heavy atom. The molecule has 0 spiro atoms. The first kappa shape index (κ1) is 20.3. The topological polar surface area (TPSA) is 54.9 Å². The molecular formula is C19H33N3O2. The molecule has 0 aromatic heterocycles. The number of methoxy groups -OCH3 is 2. The van der Waals surface area contributed by atoms with Gasteiger partial charge in [-0.25, -0.2) is 0 Å². The number of nitrogens with one attached hydrogen (secondary N) is 2. The summed E-state index contributed by atoms with van der Waals surface area (Å²) in [6, 6.07) is 6.36. The van der Waals surface area contributed by atoms with E-state index in [1.165, 1.54) is 5.56 Å². The van der Waals surface area contributed by atoms with Gasteiger partial charge in [0.15, 0.2) is 5.96 Å². The Morgan fingerprint density at radius 2 is 1.96 bits per heavy atom. The van der Waals surface area contributed by atoms with Gasteiger partial charge in [-0.05, 0) is 56.7 Å². The molecule has 24 heavy (non-hydrogen) atoms. The largest absolute Gasteiger partial charge is 0.496 e. The first-order valence-corrected chi connectivity index (χ1v) is 8.85. The summed E-state index contributed by atoms with van der Waals surface area (Å²) in [4.78, 5) is 4.62. The van der Waals surface area contributed by atoms with Crippen molar-refractivity contribution >= 4 is 5.96 Å². The summed E-state index contributed by atoms with van der Waals surface area (Å²) >= 11 is 0. The normalized spacial score (nSPS) is 11.4. The van der Waals surface area contributed by atoms with Gasteiger partial charge in [-0.2, -0.15) is 0 Å². The molecule has 1 aromatic carbocycles. The average molecular weight is 335 g/mol. The summed E-state index contributed by atoms with van der Waals surface area (Å²) in [7, 11) is 3.46. The van der Waals surface area contributed by atoms with Crippen LogP contribution in [0.4, 0.5) is 0 Å². The van der Waals surface area contributed by atoms with E-state index in [9.17, 15) is 0 Å². The first-order valence-electron chi connectivity index (χ1n) is 8.85. The number of nitrogens with zero attached hydrogens (tertiary/aromatic N) is 1. The lowest BCUT2D eigenvalue weighted by atomic mass is 10.1. The van der Waals surface area contributed by atoms with Crippen LogP contribution in [0.2, 0.25) is 0 Å². The number of unbranched alkanes of at least 4 members (excludes halogenated alkanes) is 2. The van der Waals surface area contributed by atoms with Crippen LogP contribution in [-0.4, -0.2) is 46.4 Å². The monoisotopic (exact) mass is 335 g/mol. The molecule has 0 fully saturated rings. The van der Waals surface area contributed by atoms with Gasteiger partial charge in [-0.3, -0.25) is 4.99 Å². The Labute approximate surface area is 146 Å². The first-order chi connectivity index (χ1) is 11.7. The predicted molar refractivity (Wildman–Crippen MR) is 101 cm³/mol. The van der Waals surface area contributed by atoms with Gasteiger partial charge in [-0.15, -0.1) is 0 Å². The Bertz CT molecular complexity index is 490. The number of aryl methyl sites for hydroxylation is 1. The number of rotatable bonds is 11. The van der Waals surface area contributed by atoms with E-state index in [2.05, 4.69) is 47.7 Å². The maximum Gasteiger partial charge on any atom is 0.191 e. The molecule has 0 atom stereocenters. The van der Waals surface area contributed by atoms with E-state index < -0.39 is 0 Å². The highest BCUT2D eigenvalue weighted by molar-refractivity contribution is 5.79. The van der Waals surface area contributed by atoms with Crippen molar-refractivity contribution in [2.24, 2.45) is 4.99 Å². The van der Waals surface area contributed by atoms with Crippen molar-refractivity contribution in [2.75, 3.05) is 40.5 Å². The predicted octanol–water partition coefficient (Wildman–Crippen LogP) is 2.92. The zero-order valence-electron chi connectivity index (χ0n) is 15.7. The highest BCUT2D eigenvalue weighted by atomic mass is 16.5. The number of guanidine groups is 1. The van der Waals surface area contributed by atoms with Crippen LogP contribution in [0.3, 0.4) is 0 Å². The van der Waals surface area contributed by atoms with Crippen LogP contribution in [0.1, 0.15) is 37.3 Å². The van der Waals surface area contributed by atoms with E-state index in [1.807, 2.05) is 0 Å². The van der Waals surface area contributed by atoms with Crippen LogP contribution in [0.5, 0.6) is 5.75 Å². The third-order valence-corrected chi connectivity index (χ3v) is 3.80. The second kappa shape index (κ2) is 12.6. The van der Waals surface area contributed by atoms with Gasteiger partial charge in [0.1, 0.15) is 5.75 Å². The summed E-state index contributed by atoms with van der Waals surface area (Å²) in [6.45, 7) is 7.54. The van der Waals surface area contributed by atoms with Crippen LogP contribution in [0.15, 0.2) is 23.2 Å². The molecule has 0 aliphatic heterocycles. The molecule has 0 saturated carbocycles. The van der Waals surface area contributed by atoms with Crippen molar-refractivity contribution in [3.05, 3.63) is 29.3 Å². The zero-order chi connectivity index (χ0) is 17.6. The summed E-state index contributed by atoms with van der Waals surface area (Å²) in [5.41, 5.74) is 2.43. The van der Waals surface area contributed by atoms with Crippen LogP contribution in [0.25, 0.3) is 0 Å². The van der Waals surface area contributed by atoms with Gasteiger partial charge >= 0.3 is 0 Å². The number of benzene rings is 1. The molecule has 1 rings (SSSR count). The van der Waals surface area contributed by atoms with Crippen LogP contribution in [-0.2, 0) is 11.2 Å². The molecule has 5 nitrogen and oxygen atoms in total. The fraction of sp³-hybridized carbons (Fsp3) is 0.632. The second-order valence-corrected chi connectivity index (χ2v) is 5.79. The smallest absolute Gasteiger partial charge is 0.191 e. The van der Waals surface area contributed by atoms with E-state index >= 15 is 0 Å². The van der Waals surface area contributed by atoms with Crippen LogP contribution < -0.4 is 15.4 Å². The van der Waals surface area contributed by atoms with Gasteiger partial charge in [-0.1, -0.05) is 12.1 Å². The summed E-state index contributed by atoms with van der Waals surface area (Å²) < 4.78 is 10.4. The van der Waals surface area contributed by atoms with Crippen molar-refractivity contribution in [3.8, 4) is 5.75 Å². The van der Waals surface area contributed by atoms with Crippen molar-refractivity contribution < 1.29 is 9.47 Å². The Hall–Kier alpha value is -1.75. The van der Waals surface area contributed by atoms with E-state index in [1.54, 1.807) is 14.2 Å². The Kier molecular flexibility index (Phi) is 10.7. The van der Waals surface area contributed by atoms with Crippen molar-refractivity contribution in [1.29, 1.82) is 0 Å². The number of ether oxygens (including phenoxy) is 2. The number of aliphatic imine (C=N–C) groups is 1. The molecule has 0 aliphatic rings. The minimum absolute atomic E-state index is 0.835. The molecule has 0 unspecified atom stereocenters. The average Bonchev–Trinajstić information content (AvgIpc) is 2.59. The molecule has 0 heterocycles. The molecule has 0 aliphatic carbocycles. The van der Waals surface area contributed by atoms with Gasteiger partial charge in [0.2, 0.25) is 0 Å². The molecule has 0 saturated heterocycles. The summed E-state index contributed by atoms with van der Waals surface area (Å²) in [6.07, 6.45) is 4.29. The highest BCUT2D eigenvalue weighted by Gasteiger charge is 2.02. The quantitative estimate of drug-likeness (QED) is 0.371. The molecule has 0 amide bonds. The Balaban J connectivity index is 2.37. The molecular weight excluding hydrogens is 302 g/mol. The van der Waals surface area contributed by atoms with Gasteiger partial charge in [0.25, 0.3) is 0 Å². The molecule has 136 valence electrons. The van der Waals surface area contributed by atoms with Gasteiger partial charge in [0.05, 0.1) is 7.11 Å².